The van der Waals surface area contributed by atoms with E-state index >= 15 is 0 Å². The van der Waals surface area contributed by atoms with Crippen molar-refractivity contribution in [3.63, 3.8) is 0 Å². The number of benzene rings is 2. The zero-order valence-corrected chi connectivity index (χ0v) is 19.7. The molecule has 5 nitrogen and oxygen atoms in total. The van der Waals surface area contributed by atoms with Gasteiger partial charge in [-0.1, -0.05) is 23.7 Å². The van der Waals surface area contributed by atoms with Crippen LogP contribution in [0.2, 0.25) is 5.02 Å². The Bertz CT molecular complexity index is 1330. The van der Waals surface area contributed by atoms with Crippen molar-refractivity contribution in [2.75, 3.05) is 18.7 Å². The number of halogens is 4. The van der Waals surface area contributed by atoms with Crippen molar-refractivity contribution in [1.82, 2.24) is 0 Å². The van der Waals surface area contributed by atoms with Crippen LogP contribution in [0.1, 0.15) is 4.88 Å². The van der Waals surface area contributed by atoms with Gasteiger partial charge in [0.2, 0.25) is 0 Å². The first-order valence-corrected chi connectivity index (χ1v) is 12.4. The molecule has 33 heavy (non-hydrogen) atoms. The molecule has 0 amide bonds. The summed E-state index contributed by atoms with van der Waals surface area (Å²) >= 11 is 7.17. The Kier molecular flexibility index (Phi) is 7.20. The van der Waals surface area contributed by atoms with Gasteiger partial charge in [0.1, 0.15) is 11.5 Å². The summed E-state index contributed by atoms with van der Waals surface area (Å²) in [5.74, 6) is 0.349. The van der Waals surface area contributed by atoms with Gasteiger partial charge >= 0.3 is 6.18 Å². The number of ether oxygens (including phenoxy) is 1. The van der Waals surface area contributed by atoms with Gasteiger partial charge in [-0.15, -0.1) is 11.3 Å². The fourth-order valence-corrected chi connectivity index (χ4v) is 4.65. The summed E-state index contributed by atoms with van der Waals surface area (Å²) in [4.78, 5) is 1.16. The van der Waals surface area contributed by atoms with Crippen LogP contribution < -0.4 is 10.1 Å². The maximum absolute atomic E-state index is 13.1. The lowest BCUT2D eigenvalue weighted by Crippen LogP contribution is -2.20. The minimum atomic E-state index is -4.84. The number of sulfone groups is 1. The van der Waals surface area contributed by atoms with Gasteiger partial charge < -0.3 is 10.1 Å². The molecule has 0 saturated carbocycles. The van der Waals surface area contributed by atoms with E-state index in [-0.39, 0.29) is 10.6 Å². The molecule has 2 N–H and O–H groups in total. The van der Waals surface area contributed by atoms with Crippen molar-refractivity contribution in [2.45, 2.75) is 11.1 Å². The highest BCUT2D eigenvalue weighted by molar-refractivity contribution is 7.90. The number of nitrogens with one attached hydrogen (secondary N) is 2. The molecule has 1 heterocycles. The van der Waals surface area contributed by atoms with E-state index in [0.717, 1.165) is 17.6 Å². The number of methoxy groups -OCH3 is 1. The summed E-state index contributed by atoms with van der Waals surface area (Å²) in [5.41, 5.74) is -0.617. The first-order chi connectivity index (χ1) is 15.4. The molecule has 0 atom stereocenters. The zero-order chi connectivity index (χ0) is 24.4. The van der Waals surface area contributed by atoms with Crippen LogP contribution in [-0.2, 0) is 9.84 Å². The minimum absolute atomic E-state index is 0.00779. The van der Waals surface area contributed by atoms with Crippen LogP contribution in [0.5, 0.6) is 5.75 Å². The quantitative estimate of drug-likeness (QED) is 0.352. The zero-order valence-electron chi connectivity index (χ0n) is 17.3. The molecule has 11 heteroatoms. The fourth-order valence-electron chi connectivity index (χ4n) is 2.84. The molecule has 0 saturated heterocycles. The van der Waals surface area contributed by atoms with Crippen LogP contribution >= 0.6 is 22.9 Å². The Morgan fingerprint density at radius 2 is 1.88 bits per heavy atom. The van der Waals surface area contributed by atoms with Gasteiger partial charge in [0.05, 0.1) is 28.3 Å². The molecule has 0 aliphatic carbocycles. The molecule has 0 radical (unpaired) electrons. The maximum atomic E-state index is 13.1. The molecule has 3 rings (SSSR count). The number of alkyl halides is 3. The molecule has 0 spiro atoms. The molecule has 0 fully saturated rings. The third kappa shape index (κ3) is 6.16. The predicted octanol–water partition coefficient (Wildman–Crippen LogP) is 6.52. The molecule has 1 aromatic heterocycles. The van der Waals surface area contributed by atoms with Crippen LogP contribution in [0.4, 0.5) is 18.9 Å². The normalized spacial score (nSPS) is 12.5. The largest absolute Gasteiger partial charge is 0.495 e. The summed E-state index contributed by atoms with van der Waals surface area (Å²) < 4.78 is 68.3. The molecule has 0 aliphatic rings. The average Bonchev–Trinajstić information content (AvgIpc) is 3.22. The van der Waals surface area contributed by atoms with E-state index in [0.29, 0.717) is 37.9 Å². The van der Waals surface area contributed by atoms with E-state index in [1.165, 1.54) is 25.3 Å². The second-order valence-corrected chi connectivity index (χ2v) is 10.4. The van der Waals surface area contributed by atoms with Gasteiger partial charge in [-0.3, -0.25) is 5.41 Å². The lowest BCUT2D eigenvalue weighted by atomic mass is 10.2. The number of allylic oxidation sites excluding steroid dienone is 1. The number of thiophene rings is 1. The monoisotopic (exact) mass is 514 g/mol. The molecule has 0 bridgehead atoms. The Hall–Kier alpha value is -2.82. The number of anilines is 1. The van der Waals surface area contributed by atoms with E-state index in [4.69, 9.17) is 21.7 Å². The van der Waals surface area contributed by atoms with Crippen LogP contribution in [0.3, 0.4) is 0 Å². The van der Waals surface area contributed by atoms with E-state index in [9.17, 15) is 21.6 Å². The SMILES string of the molecule is COc1ccc(Cl)cc1N/C(=C\C(=N)C(F)(F)F)c1ccc(-c2cccc(S(C)(=O)=O)c2)s1. The van der Waals surface area contributed by atoms with Crippen molar-refractivity contribution in [2.24, 2.45) is 0 Å². The van der Waals surface area contributed by atoms with Gasteiger partial charge in [-0.05, 0) is 54.1 Å². The summed E-state index contributed by atoms with van der Waals surface area (Å²) in [5, 5.41) is 10.7. The summed E-state index contributed by atoms with van der Waals surface area (Å²) in [6.07, 6.45) is -3.06. The van der Waals surface area contributed by atoms with Crippen molar-refractivity contribution in [3.05, 3.63) is 70.6 Å². The standard InChI is InChI=1S/C22H18ClF3N2O3S2/c1-31-18-7-6-14(23)11-16(18)28-17(12-21(27)22(24,25)26)20-9-8-19(32-20)13-4-3-5-15(10-13)33(2,29)30/h3-12,27-28H,1-2H3/b17-12-,27-21?. The van der Waals surface area contributed by atoms with Crippen molar-refractivity contribution in [1.29, 1.82) is 5.41 Å². The summed E-state index contributed by atoms with van der Waals surface area (Å²) in [6.45, 7) is 0. The highest BCUT2D eigenvalue weighted by Crippen LogP contribution is 2.36. The van der Waals surface area contributed by atoms with E-state index in [1.807, 2.05) is 0 Å². The minimum Gasteiger partial charge on any atom is -0.495 e. The summed E-state index contributed by atoms with van der Waals surface area (Å²) in [6, 6.07) is 14.2. The second kappa shape index (κ2) is 9.58. The number of hydrogen-bond acceptors (Lipinski definition) is 6. The molecule has 3 aromatic rings. The van der Waals surface area contributed by atoms with Crippen LogP contribution in [0.25, 0.3) is 16.1 Å². The molecular weight excluding hydrogens is 497 g/mol. The van der Waals surface area contributed by atoms with Crippen LogP contribution in [0.15, 0.2) is 65.6 Å². The van der Waals surface area contributed by atoms with Crippen LogP contribution in [-0.4, -0.2) is 33.7 Å². The number of hydrogen-bond donors (Lipinski definition) is 2. The average molecular weight is 515 g/mol. The highest BCUT2D eigenvalue weighted by Gasteiger charge is 2.33. The van der Waals surface area contributed by atoms with E-state index in [2.05, 4.69) is 5.32 Å². The smallest absolute Gasteiger partial charge is 0.432 e. The molecule has 174 valence electrons. The first-order valence-electron chi connectivity index (χ1n) is 9.27. The van der Waals surface area contributed by atoms with Gasteiger partial charge in [-0.2, -0.15) is 13.2 Å². The Morgan fingerprint density at radius 1 is 1.15 bits per heavy atom. The second-order valence-electron chi connectivity index (χ2n) is 6.90. The van der Waals surface area contributed by atoms with Gasteiger partial charge in [-0.25, -0.2) is 8.42 Å². The highest BCUT2D eigenvalue weighted by atomic mass is 35.5. The Labute approximate surface area is 197 Å². The van der Waals surface area contributed by atoms with Gasteiger partial charge in [0, 0.05) is 16.2 Å². The third-order valence-corrected chi connectivity index (χ3v) is 6.96. The third-order valence-electron chi connectivity index (χ3n) is 4.44. The lowest BCUT2D eigenvalue weighted by Gasteiger charge is -2.15. The fraction of sp³-hybridized carbons (Fsp3) is 0.136. The van der Waals surface area contributed by atoms with E-state index in [1.54, 1.807) is 36.4 Å². The first kappa shape index (κ1) is 24.8. The molecule has 0 unspecified atom stereocenters. The maximum Gasteiger partial charge on any atom is 0.432 e. The van der Waals surface area contributed by atoms with Gasteiger partial charge in [0.25, 0.3) is 0 Å². The molecule has 0 aliphatic heterocycles. The van der Waals surface area contributed by atoms with Crippen molar-refractivity contribution in [3.8, 4) is 16.2 Å². The molecular formula is C22H18ClF3N2O3S2. The Morgan fingerprint density at radius 3 is 2.52 bits per heavy atom. The predicted molar refractivity (Wildman–Crippen MR) is 126 cm³/mol. The van der Waals surface area contributed by atoms with Crippen molar-refractivity contribution < 1.29 is 26.3 Å². The van der Waals surface area contributed by atoms with Gasteiger partial charge in [0.15, 0.2) is 9.84 Å². The number of rotatable bonds is 7. The Balaban J connectivity index is 2.06. The van der Waals surface area contributed by atoms with Crippen molar-refractivity contribution >= 4 is 49.9 Å². The lowest BCUT2D eigenvalue weighted by molar-refractivity contribution is -0.0583. The topological polar surface area (TPSA) is 79.2 Å². The summed E-state index contributed by atoms with van der Waals surface area (Å²) in [7, 11) is -2.02. The molecule has 2 aromatic carbocycles. The van der Waals surface area contributed by atoms with Crippen LogP contribution in [0, 0.1) is 5.41 Å². The van der Waals surface area contributed by atoms with E-state index < -0.39 is 21.7 Å².